The molecule has 0 saturated heterocycles. The van der Waals surface area contributed by atoms with Crippen molar-refractivity contribution < 1.29 is 5.11 Å². The normalized spacial score (nSPS) is 12.5. The minimum absolute atomic E-state index is 0.385. The Hall–Kier alpha value is -0.900. The van der Waals surface area contributed by atoms with Crippen molar-refractivity contribution in [2.45, 2.75) is 45.8 Å². The summed E-state index contributed by atoms with van der Waals surface area (Å²) >= 11 is 0. The highest BCUT2D eigenvalue weighted by Gasteiger charge is 2.15. The van der Waals surface area contributed by atoms with Gasteiger partial charge in [0.1, 0.15) is 0 Å². The SMILES string of the molecule is CC(C)c1cn(CC(C)(C)O)nn1. The molecule has 1 rings (SSSR count). The molecule has 4 heteroatoms. The Bertz CT molecular complexity index is 273. The predicted octanol–water partition coefficient (Wildman–Crippen LogP) is 1.17. The summed E-state index contributed by atoms with van der Waals surface area (Å²) < 4.78 is 1.68. The summed E-state index contributed by atoms with van der Waals surface area (Å²) in [7, 11) is 0. The molecule has 0 aliphatic carbocycles. The number of hydrogen-bond acceptors (Lipinski definition) is 3. The highest BCUT2D eigenvalue weighted by Crippen LogP contribution is 2.11. The smallest absolute Gasteiger partial charge is 0.0852 e. The van der Waals surface area contributed by atoms with Crippen LogP contribution in [0.3, 0.4) is 0 Å². The van der Waals surface area contributed by atoms with Crippen LogP contribution in [0.5, 0.6) is 0 Å². The quantitative estimate of drug-likeness (QED) is 0.765. The zero-order valence-electron chi connectivity index (χ0n) is 8.65. The minimum atomic E-state index is -0.734. The van der Waals surface area contributed by atoms with Crippen LogP contribution in [-0.4, -0.2) is 25.7 Å². The lowest BCUT2D eigenvalue weighted by molar-refractivity contribution is 0.0571. The summed E-state index contributed by atoms with van der Waals surface area (Å²) in [6.45, 7) is 8.12. The van der Waals surface area contributed by atoms with E-state index in [-0.39, 0.29) is 0 Å². The monoisotopic (exact) mass is 183 g/mol. The molecule has 0 radical (unpaired) electrons. The van der Waals surface area contributed by atoms with E-state index in [4.69, 9.17) is 0 Å². The standard InChI is InChI=1S/C9H17N3O/c1-7(2)8-5-12(11-10-8)6-9(3,4)13/h5,7,13H,6H2,1-4H3. The van der Waals surface area contributed by atoms with Crippen LogP contribution in [0, 0.1) is 0 Å². The van der Waals surface area contributed by atoms with Crippen LogP contribution in [0.1, 0.15) is 39.3 Å². The van der Waals surface area contributed by atoms with Gasteiger partial charge in [-0.05, 0) is 19.8 Å². The second kappa shape index (κ2) is 3.46. The lowest BCUT2D eigenvalue weighted by atomic mass is 10.1. The first-order chi connectivity index (χ1) is 5.88. The highest BCUT2D eigenvalue weighted by molar-refractivity contribution is 4.98. The largest absolute Gasteiger partial charge is 0.389 e. The van der Waals surface area contributed by atoms with Crippen molar-refractivity contribution in [1.29, 1.82) is 0 Å². The second-order valence-corrected chi connectivity index (χ2v) is 4.31. The minimum Gasteiger partial charge on any atom is -0.389 e. The molecule has 1 N–H and O–H groups in total. The molecule has 74 valence electrons. The molecule has 0 fully saturated rings. The van der Waals surface area contributed by atoms with Gasteiger partial charge in [-0.3, -0.25) is 0 Å². The van der Waals surface area contributed by atoms with E-state index in [1.165, 1.54) is 0 Å². The van der Waals surface area contributed by atoms with E-state index in [0.717, 1.165) is 5.69 Å². The summed E-state index contributed by atoms with van der Waals surface area (Å²) in [4.78, 5) is 0. The summed E-state index contributed by atoms with van der Waals surface area (Å²) in [5.41, 5.74) is 0.228. The topological polar surface area (TPSA) is 50.9 Å². The van der Waals surface area contributed by atoms with Crippen LogP contribution in [0.2, 0.25) is 0 Å². The molecule has 1 aromatic heterocycles. The van der Waals surface area contributed by atoms with Crippen molar-refractivity contribution in [3.8, 4) is 0 Å². The fourth-order valence-corrected chi connectivity index (χ4v) is 1.05. The average Bonchev–Trinajstić information content (AvgIpc) is 2.31. The third-order valence-electron chi connectivity index (χ3n) is 1.70. The van der Waals surface area contributed by atoms with Crippen molar-refractivity contribution >= 4 is 0 Å². The molecule has 0 aromatic carbocycles. The molecule has 0 amide bonds. The molecule has 0 atom stereocenters. The Morgan fingerprint density at radius 1 is 1.54 bits per heavy atom. The molecule has 0 bridgehead atoms. The molecule has 4 nitrogen and oxygen atoms in total. The Morgan fingerprint density at radius 3 is 2.54 bits per heavy atom. The van der Waals surface area contributed by atoms with E-state index in [0.29, 0.717) is 12.5 Å². The van der Waals surface area contributed by atoms with Gasteiger partial charge in [0, 0.05) is 6.20 Å². The molecule has 1 aromatic rings. The van der Waals surface area contributed by atoms with Gasteiger partial charge in [-0.25, -0.2) is 4.68 Å². The lowest BCUT2D eigenvalue weighted by Gasteiger charge is -2.15. The van der Waals surface area contributed by atoms with Crippen molar-refractivity contribution in [3.63, 3.8) is 0 Å². The van der Waals surface area contributed by atoms with Gasteiger partial charge in [-0.15, -0.1) is 5.10 Å². The predicted molar refractivity (Wildman–Crippen MR) is 50.4 cm³/mol. The van der Waals surface area contributed by atoms with E-state index < -0.39 is 5.60 Å². The Balaban J connectivity index is 2.70. The molecule has 0 spiro atoms. The molecule has 0 unspecified atom stereocenters. The van der Waals surface area contributed by atoms with Crippen LogP contribution >= 0.6 is 0 Å². The van der Waals surface area contributed by atoms with E-state index in [1.807, 2.05) is 6.20 Å². The maximum Gasteiger partial charge on any atom is 0.0852 e. The molecule has 0 aliphatic heterocycles. The molecule has 0 saturated carbocycles. The van der Waals surface area contributed by atoms with Gasteiger partial charge < -0.3 is 5.11 Å². The van der Waals surface area contributed by atoms with Crippen LogP contribution in [0.4, 0.5) is 0 Å². The molecule has 13 heavy (non-hydrogen) atoms. The van der Waals surface area contributed by atoms with Gasteiger partial charge in [0.05, 0.1) is 17.8 Å². The van der Waals surface area contributed by atoms with Crippen LogP contribution in [0.15, 0.2) is 6.20 Å². The Morgan fingerprint density at radius 2 is 2.15 bits per heavy atom. The van der Waals surface area contributed by atoms with Gasteiger partial charge in [-0.1, -0.05) is 19.1 Å². The van der Waals surface area contributed by atoms with E-state index in [9.17, 15) is 5.11 Å². The number of rotatable bonds is 3. The van der Waals surface area contributed by atoms with E-state index in [2.05, 4.69) is 24.2 Å². The summed E-state index contributed by atoms with van der Waals surface area (Å²) in [5, 5.41) is 17.5. The maximum absolute atomic E-state index is 9.53. The Labute approximate surface area is 78.6 Å². The zero-order valence-corrected chi connectivity index (χ0v) is 8.65. The van der Waals surface area contributed by atoms with Gasteiger partial charge in [0.15, 0.2) is 0 Å². The first-order valence-corrected chi connectivity index (χ1v) is 4.51. The summed E-state index contributed by atoms with van der Waals surface area (Å²) in [5.74, 6) is 0.385. The van der Waals surface area contributed by atoms with Crippen molar-refractivity contribution in [1.82, 2.24) is 15.0 Å². The van der Waals surface area contributed by atoms with Crippen LogP contribution in [0.25, 0.3) is 0 Å². The number of nitrogens with zero attached hydrogens (tertiary/aromatic N) is 3. The third kappa shape index (κ3) is 3.14. The van der Waals surface area contributed by atoms with E-state index >= 15 is 0 Å². The average molecular weight is 183 g/mol. The van der Waals surface area contributed by atoms with Crippen molar-refractivity contribution in [3.05, 3.63) is 11.9 Å². The number of aromatic nitrogens is 3. The van der Waals surface area contributed by atoms with Crippen LogP contribution in [-0.2, 0) is 6.54 Å². The number of hydrogen-bond donors (Lipinski definition) is 1. The Kier molecular flexibility index (Phi) is 2.71. The van der Waals surface area contributed by atoms with Gasteiger partial charge in [0.2, 0.25) is 0 Å². The van der Waals surface area contributed by atoms with Gasteiger partial charge >= 0.3 is 0 Å². The zero-order chi connectivity index (χ0) is 10.1. The number of aliphatic hydroxyl groups is 1. The van der Waals surface area contributed by atoms with Crippen LogP contribution < -0.4 is 0 Å². The molecule has 1 heterocycles. The maximum atomic E-state index is 9.53. The highest BCUT2D eigenvalue weighted by atomic mass is 16.3. The van der Waals surface area contributed by atoms with Crippen molar-refractivity contribution in [2.24, 2.45) is 0 Å². The first-order valence-electron chi connectivity index (χ1n) is 4.51. The fourth-order valence-electron chi connectivity index (χ4n) is 1.05. The lowest BCUT2D eigenvalue weighted by Crippen LogP contribution is -2.26. The molecular weight excluding hydrogens is 166 g/mol. The summed E-state index contributed by atoms with van der Waals surface area (Å²) in [6, 6.07) is 0. The second-order valence-electron chi connectivity index (χ2n) is 4.31. The third-order valence-corrected chi connectivity index (χ3v) is 1.70. The van der Waals surface area contributed by atoms with Gasteiger partial charge in [-0.2, -0.15) is 0 Å². The first kappa shape index (κ1) is 10.2. The van der Waals surface area contributed by atoms with Crippen molar-refractivity contribution in [2.75, 3.05) is 0 Å². The van der Waals surface area contributed by atoms with Gasteiger partial charge in [0.25, 0.3) is 0 Å². The summed E-state index contributed by atoms with van der Waals surface area (Å²) in [6.07, 6.45) is 1.88. The molecule has 0 aliphatic rings. The molecular formula is C9H17N3O. The van der Waals surface area contributed by atoms with E-state index in [1.54, 1.807) is 18.5 Å². The fraction of sp³-hybridized carbons (Fsp3) is 0.778.